The molecule has 1 saturated carbocycles. The van der Waals surface area contributed by atoms with E-state index in [0.29, 0.717) is 24.3 Å². The van der Waals surface area contributed by atoms with E-state index in [1.54, 1.807) is 0 Å². The monoisotopic (exact) mass is 468 g/mol. The Hall–Kier alpha value is -0.180. The highest BCUT2D eigenvalue weighted by Gasteiger charge is 2.21. The molecule has 5 nitrogen and oxygen atoms in total. The smallest absolute Gasteiger partial charge is 0.222 e. The third-order valence-electron chi connectivity index (χ3n) is 4.55. The molecule has 2 N–H and O–H groups in total. The van der Waals surface area contributed by atoms with Crippen molar-refractivity contribution >= 4 is 47.6 Å². The topological polar surface area (TPSA) is 56.7 Å². The molecule has 1 unspecified atom stereocenters. The number of nitrogens with zero attached hydrogens (tertiary/aromatic N) is 2. The summed E-state index contributed by atoms with van der Waals surface area (Å²) in [7, 11) is 0. The second kappa shape index (κ2) is 12.2. The number of carbonyl (C=O) groups excluding carboxylic acids is 1. The first-order chi connectivity index (χ1) is 11.2. The molecular formula is C17H33IN4OS. The van der Waals surface area contributed by atoms with Gasteiger partial charge in [-0.15, -0.1) is 24.0 Å². The van der Waals surface area contributed by atoms with E-state index >= 15 is 0 Å². The van der Waals surface area contributed by atoms with Crippen LogP contribution < -0.4 is 10.6 Å². The highest BCUT2D eigenvalue weighted by molar-refractivity contribution is 14.0. The second-order valence-electron chi connectivity index (χ2n) is 6.38. The Morgan fingerprint density at radius 2 is 2.04 bits per heavy atom. The zero-order valence-electron chi connectivity index (χ0n) is 15.1. The number of rotatable bonds is 6. The number of guanidine groups is 1. The molecule has 2 fully saturated rings. The molecule has 2 aliphatic rings. The van der Waals surface area contributed by atoms with Gasteiger partial charge in [0.2, 0.25) is 5.91 Å². The van der Waals surface area contributed by atoms with Crippen LogP contribution in [0.5, 0.6) is 0 Å². The fourth-order valence-electron chi connectivity index (χ4n) is 3.22. The van der Waals surface area contributed by atoms with Gasteiger partial charge in [-0.3, -0.25) is 9.79 Å². The van der Waals surface area contributed by atoms with E-state index < -0.39 is 0 Å². The number of thioether (sulfide) groups is 1. The first-order valence-corrected chi connectivity index (χ1v) is 10.2. The molecule has 1 atom stereocenters. The van der Waals surface area contributed by atoms with Crippen molar-refractivity contribution in [2.45, 2.75) is 63.7 Å². The molecule has 0 bridgehead atoms. The molecule has 24 heavy (non-hydrogen) atoms. The van der Waals surface area contributed by atoms with Gasteiger partial charge in [0.1, 0.15) is 0 Å². The molecule has 7 heteroatoms. The summed E-state index contributed by atoms with van der Waals surface area (Å²) in [6, 6.07) is 0.407. The van der Waals surface area contributed by atoms with Gasteiger partial charge in [0.05, 0.1) is 6.54 Å². The van der Waals surface area contributed by atoms with E-state index in [1.807, 2.05) is 0 Å². The van der Waals surface area contributed by atoms with Gasteiger partial charge in [0.15, 0.2) is 5.96 Å². The van der Waals surface area contributed by atoms with Gasteiger partial charge in [-0.2, -0.15) is 11.8 Å². The van der Waals surface area contributed by atoms with Crippen molar-refractivity contribution in [1.29, 1.82) is 0 Å². The maximum Gasteiger partial charge on any atom is 0.222 e. The SMILES string of the molecule is CCNC(=NCCC(=O)NC1CCCC1)N1CCSC(CC)C1.I. The number of amides is 1. The van der Waals surface area contributed by atoms with Crippen LogP contribution in [-0.2, 0) is 4.79 Å². The predicted molar refractivity (Wildman–Crippen MR) is 115 cm³/mol. The van der Waals surface area contributed by atoms with Crippen LogP contribution in [0.3, 0.4) is 0 Å². The molecule has 0 aromatic heterocycles. The lowest BCUT2D eigenvalue weighted by molar-refractivity contribution is -0.121. The summed E-state index contributed by atoms with van der Waals surface area (Å²) >= 11 is 2.06. The Morgan fingerprint density at radius 1 is 1.29 bits per heavy atom. The molecule has 1 aliphatic carbocycles. The Kier molecular flexibility index (Phi) is 11.1. The van der Waals surface area contributed by atoms with E-state index in [9.17, 15) is 4.79 Å². The Balaban J connectivity index is 0.00000288. The summed E-state index contributed by atoms with van der Waals surface area (Å²) in [6.07, 6.45) is 6.47. The lowest BCUT2D eigenvalue weighted by Gasteiger charge is -2.34. The molecule has 0 aromatic carbocycles. The maximum atomic E-state index is 12.0. The third kappa shape index (κ3) is 7.37. The lowest BCUT2D eigenvalue weighted by Crippen LogP contribution is -2.48. The Bertz CT molecular complexity index is 402. The van der Waals surface area contributed by atoms with Crippen LogP contribution in [0, 0.1) is 0 Å². The van der Waals surface area contributed by atoms with Crippen LogP contribution in [-0.4, -0.2) is 60.0 Å². The quantitative estimate of drug-likeness (QED) is 0.358. The zero-order chi connectivity index (χ0) is 16.5. The van der Waals surface area contributed by atoms with E-state index in [-0.39, 0.29) is 29.9 Å². The fourth-order valence-corrected chi connectivity index (χ4v) is 4.40. The number of halogens is 1. The Morgan fingerprint density at radius 3 is 2.71 bits per heavy atom. The number of nitrogens with one attached hydrogen (secondary N) is 2. The van der Waals surface area contributed by atoms with Gasteiger partial charge in [-0.05, 0) is 26.2 Å². The summed E-state index contributed by atoms with van der Waals surface area (Å²) in [6.45, 7) is 7.88. The lowest BCUT2D eigenvalue weighted by atomic mass is 10.2. The van der Waals surface area contributed by atoms with Crippen LogP contribution in [0.25, 0.3) is 0 Å². The van der Waals surface area contributed by atoms with E-state index in [0.717, 1.165) is 44.2 Å². The van der Waals surface area contributed by atoms with E-state index in [2.05, 4.69) is 46.1 Å². The van der Waals surface area contributed by atoms with Crippen LogP contribution >= 0.6 is 35.7 Å². The molecule has 1 aliphatic heterocycles. The minimum Gasteiger partial charge on any atom is -0.357 e. The molecule has 1 heterocycles. The van der Waals surface area contributed by atoms with Crippen molar-refractivity contribution in [3.05, 3.63) is 0 Å². The van der Waals surface area contributed by atoms with Crippen molar-refractivity contribution in [1.82, 2.24) is 15.5 Å². The van der Waals surface area contributed by atoms with Crippen molar-refractivity contribution in [3.63, 3.8) is 0 Å². The summed E-state index contributed by atoms with van der Waals surface area (Å²) in [5.41, 5.74) is 0. The van der Waals surface area contributed by atoms with Gasteiger partial charge < -0.3 is 15.5 Å². The van der Waals surface area contributed by atoms with Gasteiger partial charge >= 0.3 is 0 Å². The summed E-state index contributed by atoms with van der Waals surface area (Å²) < 4.78 is 0. The first kappa shape index (κ1) is 21.9. The first-order valence-electron chi connectivity index (χ1n) is 9.17. The van der Waals surface area contributed by atoms with Crippen LogP contribution in [0.1, 0.15) is 52.4 Å². The van der Waals surface area contributed by atoms with Crippen LogP contribution in [0.2, 0.25) is 0 Å². The summed E-state index contributed by atoms with van der Waals surface area (Å²) in [5, 5.41) is 7.21. The Labute approximate surface area is 168 Å². The summed E-state index contributed by atoms with van der Waals surface area (Å²) in [5.74, 6) is 2.28. The second-order valence-corrected chi connectivity index (χ2v) is 7.79. The van der Waals surface area contributed by atoms with E-state index in [1.165, 1.54) is 19.3 Å². The molecule has 140 valence electrons. The number of carbonyl (C=O) groups is 1. The predicted octanol–water partition coefficient (Wildman–Crippen LogP) is 2.85. The molecule has 1 saturated heterocycles. The van der Waals surface area contributed by atoms with Crippen molar-refractivity contribution in [3.8, 4) is 0 Å². The summed E-state index contributed by atoms with van der Waals surface area (Å²) in [4.78, 5) is 19.0. The normalized spacial score (nSPS) is 22.2. The standard InChI is InChI=1S/C17H32N4OS.HI/c1-3-15-13-21(11-12-23-15)17(18-4-2)19-10-9-16(22)20-14-7-5-6-8-14;/h14-15H,3-13H2,1-2H3,(H,18,19)(H,20,22);1H. The molecular weight excluding hydrogens is 435 g/mol. The number of hydrogen-bond acceptors (Lipinski definition) is 3. The largest absolute Gasteiger partial charge is 0.357 e. The van der Waals surface area contributed by atoms with Gasteiger partial charge in [-0.1, -0.05) is 19.8 Å². The maximum absolute atomic E-state index is 12.0. The minimum absolute atomic E-state index is 0. The zero-order valence-corrected chi connectivity index (χ0v) is 18.2. The van der Waals surface area contributed by atoms with Crippen molar-refractivity contribution in [2.24, 2.45) is 4.99 Å². The average molecular weight is 468 g/mol. The molecule has 0 aromatic rings. The van der Waals surface area contributed by atoms with Gasteiger partial charge in [-0.25, -0.2) is 0 Å². The number of hydrogen-bond donors (Lipinski definition) is 2. The molecule has 1 amide bonds. The minimum atomic E-state index is 0. The van der Waals surface area contributed by atoms with Crippen LogP contribution in [0.4, 0.5) is 0 Å². The average Bonchev–Trinajstić information content (AvgIpc) is 3.07. The number of aliphatic imine (C=N–C) groups is 1. The highest BCUT2D eigenvalue weighted by Crippen LogP contribution is 2.21. The molecule has 2 rings (SSSR count). The fraction of sp³-hybridized carbons (Fsp3) is 0.882. The van der Waals surface area contributed by atoms with Crippen LogP contribution in [0.15, 0.2) is 4.99 Å². The highest BCUT2D eigenvalue weighted by atomic mass is 127. The molecule has 0 radical (unpaired) electrons. The van der Waals surface area contributed by atoms with E-state index in [4.69, 9.17) is 0 Å². The molecule has 0 spiro atoms. The van der Waals surface area contributed by atoms with Gasteiger partial charge in [0.25, 0.3) is 0 Å². The third-order valence-corrected chi connectivity index (χ3v) is 5.92. The van der Waals surface area contributed by atoms with Gasteiger partial charge in [0, 0.05) is 43.1 Å². The van der Waals surface area contributed by atoms with Crippen molar-refractivity contribution in [2.75, 3.05) is 31.9 Å². The van der Waals surface area contributed by atoms with Crippen molar-refractivity contribution < 1.29 is 4.79 Å².